The van der Waals surface area contributed by atoms with Crippen LogP contribution >= 0.6 is 11.6 Å². The van der Waals surface area contributed by atoms with Gasteiger partial charge in [-0.1, -0.05) is 12.1 Å². The van der Waals surface area contributed by atoms with Gasteiger partial charge in [-0.25, -0.2) is 4.98 Å². The normalized spacial score (nSPS) is 10.4. The number of imidazole rings is 1. The Hall–Kier alpha value is -2.67. The first-order chi connectivity index (χ1) is 10.3. The third-order valence-electron chi connectivity index (χ3n) is 2.58. The van der Waals surface area contributed by atoms with Gasteiger partial charge in [0.2, 0.25) is 11.2 Å². The maximum absolute atomic E-state index is 5.90. The van der Waals surface area contributed by atoms with Crippen LogP contribution in [0.1, 0.15) is 0 Å². The van der Waals surface area contributed by atoms with Crippen molar-refractivity contribution in [1.82, 2.24) is 24.5 Å². The van der Waals surface area contributed by atoms with Crippen molar-refractivity contribution >= 4 is 11.6 Å². The number of methoxy groups -OCH3 is 1. The Morgan fingerprint density at radius 1 is 1.10 bits per heavy atom. The Morgan fingerprint density at radius 2 is 1.90 bits per heavy atom. The lowest BCUT2D eigenvalue weighted by Gasteiger charge is -2.09. The minimum absolute atomic E-state index is 0.0265. The highest BCUT2D eigenvalue weighted by atomic mass is 35.5. The maximum atomic E-state index is 5.90. The summed E-state index contributed by atoms with van der Waals surface area (Å²) in [7, 11) is 1.56. The quantitative estimate of drug-likeness (QED) is 0.737. The molecule has 0 radical (unpaired) electrons. The van der Waals surface area contributed by atoms with Gasteiger partial charge in [0.1, 0.15) is 6.33 Å². The minimum Gasteiger partial charge on any atom is -0.493 e. The van der Waals surface area contributed by atoms with Crippen LogP contribution in [0.2, 0.25) is 5.28 Å². The minimum atomic E-state index is 0.0265. The van der Waals surface area contributed by atoms with Crippen LogP contribution in [-0.2, 0) is 0 Å². The van der Waals surface area contributed by atoms with E-state index in [9.17, 15) is 0 Å². The van der Waals surface area contributed by atoms with Crippen LogP contribution in [0.5, 0.6) is 17.5 Å². The molecule has 7 nitrogen and oxygen atoms in total. The molecule has 8 heteroatoms. The molecule has 2 heterocycles. The largest absolute Gasteiger partial charge is 0.493 e. The van der Waals surface area contributed by atoms with Crippen molar-refractivity contribution in [2.75, 3.05) is 7.11 Å². The topological polar surface area (TPSA) is 75.0 Å². The molecule has 0 aliphatic carbocycles. The van der Waals surface area contributed by atoms with Crippen LogP contribution in [0, 0.1) is 0 Å². The van der Waals surface area contributed by atoms with E-state index in [0.29, 0.717) is 17.4 Å². The van der Waals surface area contributed by atoms with Gasteiger partial charge < -0.3 is 9.47 Å². The molecular weight excluding hydrogens is 294 g/mol. The van der Waals surface area contributed by atoms with E-state index in [2.05, 4.69) is 19.9 Å². The summed E-state index contributed by atoms with van der Waals surface area (Å²) in [4.78, 5) is 16.1. The van der Waals surface area contributed by atoms with Gasteiger partial charge in [0.15, 0.2) is 11.5 Å². The number of aromatic nitrogens is 5. The zero-order valence-corrected chi connectivity index (χ0v) is 11.7. The summed E-state index contributed by atoms with van der Waals surface area (Å²) in [5.74, 6) is 1.37. The van der Waals surface area contributed by atoms with E-state index in [1.165, 1.54) is 0 Å². The van der Waals surface area contributed by atoms with Crippen LogP contribution in [0.3, 0.4) is 0 Å². The molecule has 3 rings (SSSR count). The number of halogens is 1. The highest BCUT2D eigenvalue weighted by Gasteiger charge is 2.11. The second kappa shape index (κ2) is 5.76. The molecule has 0 aliphatic heterocycles. The lowest BCUT2D eigenvalue weighted by molar-refractivity contribution is 0.367. The molecule has 1 aromatic carbocycles. The van der Waals surface area contributed by atoms with Crippen molar-refractivity contribution in [3.63, 3.8) is 0 Å². The second-order valence-corrected chi connectivity index (χ2v) is 4.25. The smallest absolute Gasteiger partial charge is 0.328 e. The van der Waals surface area contributed by atoms with Crippen molar-refractivity contribution in [2.24, 2.45) is 0 Å². The highest BCUT2D eigenvalue weighted by Crippen LogP contribution is 2.29. The predicted octanol–water partition coefficient (Wildman–Crippen LogP) is 2.51. The van der Waals surface area contributed by atoms with Crippen molar-refractivity contribution in [1.29, 1.82) is 0 Å². The molecule has 2 aromatic heterocycles. The second-order valence-electron chi connectivity index (χ2n) is 3.91. The van der Waals surface area contributed by atoms with Gasteiger partial charge in [0.05, 0.1) is 7.11 Å². The molecule has 0 saturated heterocycles. The lowest BCUT2D eigenvalue weighted by atomic mass is 10.3. The molecule has 0 spiro atoms. The number of para-hydroxylation sites is 2. The summed E-state index contributed by atoms with van der Waals surface area (Å²) in [6.07, 6.45) is 4.86. The van der Waals surface area contributed by atoms with Gasteiger partial charge in [-0.3, -0.25) is 4.57 Å². The van der Waals surface area contributed by atoms with Crippen molar-refractivity contribution in [2.45, 2.75) is 0 Å². The van der Waals surface area contributed by atoms with Crippen LogP contribution < -0.4 is 9.47 Å². The predicted molar refractivity (Wildman–Crippen MR) is 75.0 cm³/mol. The van der Waals surface area contributed by atoms with Gasteiger partial charge in [-0.2, -0.15) is 15.0 Å². The van der Waals surface area contributed by atoms with Gasteiger partial charge in [-0.05, 0) is 23.7 Å². The first kappa shape index (κ1) is 13.3. The summed E-state index contributed by atoms with van der Waals surface area (Å²) in [5, 5.41) is 0.0265. The van der Waals surface area contributed by atoms with Crippen LogP contribution in [0.15, 0.2) is 43.0 Å². The molecule has 0 fully saturated rings. The standard InChI is InChI=1S/C13H10ClN5O2/c1-20-9-4-2-3-5-10(9)21-13-17-11(14)16-12(18-13)19-7-6-15-8-19/h2-8H,1H3. The number of hydrogen-bond acceptors (Lipinski definition) is 6. The molecule has 0 saturated carbocycles. The summed E-state index contributed by atoms with van der Waals surface area (Å²) in [6, 6.07) is 7.24. The molecule has 0 amide bonds. The Labute approximate surface area is 125 Å². The third kappa shape index (κ3) is 2.92. The fraction of sp³-hybridized carbons (Fsp3) is 0.0769. The lowest BCUT2D eigenvalue weighted by Crippen LogP contribution is -2.03. The third-order valence-corrected chi connectivity index (χ3v) is 2.75. The number of rotatable bonds is 4. The average Bonchev–Trinajstić information content (AvgIpc) is 3.01. The highest BCUT2D eigenvalue weighted by molar-refractivity contribution is 6.28. The summed E-state index contributed by atoms with van der Waals surface area (Å²) in [5.41, 5.74) is 0. The molecule has 0 aliphatic rings. The molecule has 21 heavy (non-hydrogen) atoms. The van der Waals surface area contributed by atoms with Crippen molar-refractivity contribution < 1.29 is 9.47 Å². The zero-order valence-electron chi connectivity index (χ0n) is 11.0. The van der Waals surface area contributed by atoms with Crippen LogP contribution in [-0.4, -0.2) is 31.6 Å². The molecule has 0 unspecified atom stereocenters. The van der Waals surface area contributed by atoms with Crippen LogP contribution in [0.4, 0.5) is 0 Å². The fourth-order valence-electron chi connectivity index (χ4n) is 1.66. The Kier molecular flexibility index (Phi) is 3.65. The van der Waals surface area contributed by atoms with E-state index < -0.39 is 0 Å². The molecule has 3 aromatic rings. The number of nitrogens with zero attached hydrogens (tertiary/aromatic N) is 5. The van der Waals surface area contributed by atoms with E-state index in [1.54, 1.807) is 42.5 Å². The van der Waals surface area contributed by atoms with Gasteiger partial charge >= 0.3 is 6.01 Å². The fourth-order valence-corrected chi connectivity index (χ4v) is 1.81. The van der Waals surface area contributed by atoms with E-state index in [1.807, 2.05) is 12.1 Å². The van der Waals surface area contributed by atoms with Crippen molar-refractivity contribution in [3.8, 4) is 23.5 Å². The first-order valence-corrected chi connectivity index (χ1v) is 6.35. The van der Waals surface area contributed by atoms with E-state index in [4.69, 9.17) is 21.1 Å². The van der Waals surface area contributed by atoms with Gasteiger partial charge in [0, 0.05) is 12.4 Å². The molecular formula is C13H10ClN5O2. The summed E-state index contributed by atoms with van der Waals surface area (Å²) >= 11 is 5.90. The Bertz CT molecular complexity index is 748. The monoisotopic (exact) mass is 303 g/mol. The van der Waals surface area contributed by atoms with E-state index in [-0.39, 0.29) is 11.3 Å². The molecule has 106 valence electrons. The zero-order chi connectivity index (χ0) is 14.7. The van der Waals surface area contributed by atoms with E-state index >= 15 is 0 Å². The Morgan fingerprint density at radius 3 is 2.62 bits per heavy atom. The molecule has 0 atom stereocenters. The maximum Gasteiger partial charge on any atom is 0.328 e. The first-order valence-electron chi connectivity index (χ1n) is 5.97. The number of benzene rings is 1. The molecule has 0 N–H and O–H groups in total. The van der Waals surface area contributed by atoms with E-state index in [0.717, 1.165) is 0 Å². The Balaban J connectivity index is 1.96. The molecule has 0 bridgehead atoms. The van der Waals surface area contributed by atoms with Crippen molar-refractivity contribution in [3.05, 3.63) is 48.3 Å². The average molecular weight is 304 g/mol. The summed E-state index contributed by atoms with van der Waals surface area (Å²) < 4.78 is 12.4. The van der Waals surface area contributed by atoms with Crippen LogP contribution in [0.25, 0.3) is 5.95 Å². The summed E-state index contributed by atoms with van der Waals surface area (Å²) in [6.45, 7) is 0. The SMILES string of the molecule is COc1ccccc1Oc1nc(Cl)nc(-n2ccnc2)n1. The number of ether oxygens (including phenoxy) is 2. The van der Waals surface area contributed by atoms with Gasteiger partial charge in [0.25, 0.3) is 0 Å². The van der Waals surface area contributed by atoms with Gasteiger partial charge in [-0.15, -0.1) is 0 Å². The number of hydrogen-bond donors (Lipinski definition) is 0.